The summed E-state index contributed by atoms with van der Waals surface area (Å²) in [6.07, 6.45) is 0.954. The Morgan fingerprint density at radius 3 is 2.34 bits per heavy atom. The largest absolute Gasteiger partial charge is 0.465 e. The molecular weight excluding hydrogens is 436 g/mol. The van der Waals surface area contributed by atoms with E-state index in [9.17, 15) is 19.2 Å². The fraction of sp³-hybridized carbons (Fsp3) is 0.300. The van der Waals surface area contributed by atoms with Crippen molar-refractivity contribution in [2.24, 2.45) is 4.99 Å². The quantitative estimate of drug-likeness (QED) is 0.206. The molecule has 11 nitrogen and oxygen atoms in total. The molecule has 12 heteroatoms. The van der Waals surface area contributed by atoms with Crippen molar-refractivity contribution in [2.45, 2.75) is 26.7 Å². The van der Waals surface area contributed by atoms with Crippen LogP contribution < -0.4 is 21.3 Å². The molecule has 5 N–H and O–H groups in total. The average Bonchev–Trinajstić information content (AvgIpc) is 3.12. The summed E-state index contributed by atoms with van der Waals surface area (Å²) in [6.45, 7) is 3.34. The third kappa shape index (κ3) is 8.52. The summed E-state index contributed by atoms with van der Waals surface area (Å²) in [4.78, 5) is 54.1. The molecule has 0 radical (unpaired) electrons. The van der Waals surface area contributed by atoms with Crippen LogP contribution in [0.3, 0.4) is 0 Å². The number of anilines is 1. The minimum absolute atomic E-state index is 0.180. The zero-order valence-electron chi connectivity index (χ0n) is 17.6. The molecule has 0 aliphatic carbocycles. The molecule has 0 saturated carbocycles. The van der Waals surface area contributed by atoms with E-state index in [1.54, 1.807) is 12.1 Å². The number of benzene rings is 1. The Bertz CT molecular complexity index is 1000. The minimum Gasteiger partial charge on any atom is -0.465 e. The van der Waals surface area contributed by atoms with Crippen LogP contribution in [0, 0.1) is 0 Å². The highest BCUT2D eigenvalue weighted by molar-refractivity contribution is 7.17. The summed E-state index contributed by atoms with van der Waals surface area (Å²) in [5.41, 5.74) is 2.12. The fourth-order valence-electron chi connectivity index (χ4n) is 2.57. The Kier molecular flexibility index (Phi) is 9.29. The maximum atomic E-state index is 12.6. The molecule has 1 aromatic carbocycles. The molecular formula is C20H24N6O5S. The third-order valence-corrected chi connectivity index (χ3v) is 4.97. The number of aliphatic imine (C=N–C) groups is 1. The summed E-state index contributed by atoms with van der Waals surface area (Å²) in [7, 11) is 0. The van der Waals surface area contributed by atoms with Crippen LogP contribution in [-0.4, -0.2) is 53.3 Å². The molecule has 1 aromatic heterocycles. The topological polar surface area (TPSA) is 162 Å². The van der Waals surface area contributed by atoms with Crippen molar-refractivity contribution in [2.75, 3.05) is 18.4 Å². The number of amides is 4. The fourth-order valence-corrected chi connectivity index (χ4v) is 3.55. The van der Waals surface area contributed by atoms with Gasteiger partial charge < -0.3 is 21.1 Å². The number of thiazole rings is 1. The van der Waals surface area contributed by atoms with Gasteiger partial charge in [-0.25, -0.2) is 14.8 Å². The van der Waals surface area contributed by atoms with Crippen LogP contribution in [0.4, 0.5) is 15.6 Å². The Hall–Kier alpha value is -3.80. The molecule has 0 unspecified atom stereocenters. The molecule has 0 fully saturated rings. The van der Waals surface area contributed by atoms with E-state index in [-0.39, 0.29) is 24.3 Å². The lowest BCUT2D eigenvalue weighted by atomic mass is 10.1. The van der Waals surface area contributed by atoms with E-state index in [1.165, 1.54) is 13.8 Å². The van der Waals surface area contributed by atoms with Crippen molar-refractivity contribution in [1.29, 1.82) is 0 Å². The molecule has 170 valence electrons. The maximum absolute atomic E-state index is 12.6. The van der Waals surface area contributed by atoms with Crippen molar-refractivity contribution in [3.63, 3.8) is 0 Å². The predicted molar refractivity (Wildman–Crippen MR) is 121 cm³/mol. The van der Waals surface area contributed by atoms with E-state index < -0.39 is 6.09 Å². The van der Waals surface area contributed by atoms with Gasteiger partial charge in [0.1, 0.15) is 4.88 Å². The highest BCUT2D eigenvalue weighted by atomic mass is 32.1. The number of carbonyl (C=O) groups is 4. The van der Waals surface area contributed by atoms with Gasteiger partial charge in [-0.2, -0.15) is 0 Å². The second kappa shape index (κ2) is 12.2. The number of aryl methyl sites for hydroxylation is 2. The number of hydrogen-bond acceptors (Lipinski definition) is 7. The summed E-state index contributed by atoms with van der Waals surface area (Å²) in [6, 6.07) is 7.19. The SMILES string of the molecule is CC(=O)NCCNC(=O)c1sc(NC(C)=O)nc1CCc1ccc(N=CNC(=O)O)cc1. The first-order valence-corrected chi connectivity index (χ1v) is 10.5. The van der Waals surface area contributed by atoms with Crippen molar-refractivity contribution < 1.29 is 24.3 Å². The van der Waals surface area contributed by atoms with Gasteiger partial charge >= 0.3 is 6.09 Å². The number of carboxylic acid groups (broad SMARTS) is 1. The second-order valence-corrected chi connectivity index (χ2v) is 7.59. The maximum Gasteiger partial charge on any atom is 0.409 e. The first-order valence-electron chi connectivity index (χ1n) is 9.65. The molecule has 0 bridgehead atoms. The van der Waals surface area contributed by atoms with Crippen molar-refractivity contribution >= 4 is 52.3 Å². The zero-order valence-corrected chi connectivity index (χ0v) is 18.4. The molecule has 2 rings (SSSR count). The van der Waals surface area contributed by atoms with E-state index >= 15 is 0 Å². The number of rotatable bonds is 10. The molecule has 0 spiro atoms. The lowest BCUT2D eigenvalue weighted by Gasteiger charge is -2.06. The van der Waals surface area contributed by atoms with Gasteiger partial charge in [-0.1, -0.05) is 23.5 Å². The van der Waals surface area contributed by atoms with Crippen molar-refractivity contribution in [3.05, 3.63) is 40.4 Å². The number of nitrogens with one attached hydrogen (secondary N) is 4. The molecule has 4 amide bonds. The number of nitrogens with zero attached hydrogens (tertiary/aromatic N) is 2. The Balaban J connectivity index is 2.03. The van der Waals surface area contributed by atoms with Gasteiger partial charge in [-0.3, -0.25) is 19.7 Å². The molecule has 0 atom stereocenters. The Morgan fingerprint density at radius 1 is 1.03 bits per heavy atom. The van der Waals surface area contributed by atoms with Gasteiger partial charge in [-0.15, -0.1) is 0 Å². The summed E-state index contributed by atoms with van der Waals surface area (Å²) >= 11 is 1.09. The molecule has 1 heterocycles. The van der Waals surface area contributed by atoms with E-state index in [4.69, 9.17) is 5.11 Å². The molecule has 0 saturated heterocycles. The molecule has 0 aliphatic rings. The smallest absolute Gasteiger partial charge is 0.409 e. The van der Waals surface area contributed by atoms with E-state index in [2.05, 4.69) is 25.9 Å². The summed E-state index contributed by atoms with van der Waals surface area (Å²) < 4.78 is 0. The minimum atomic E-state index is -1.19. The zero-order chi connectivity index (χ0) is 23.5. The van der Waals surface area contributed by atoms with Gasteiger partial charge in [0.15, 0.2) is 5.13 Å². The van der Waals surface area contributed by atoms with Gasteiger partial charge in [0.2, 0.25) is 11.8 Å². The van der Waals surface area contributed by atoms with Crippen LogP contribution in [0.5, 0.6) is 0 Å². The summed E-state index contributed by atoms with van der Waals surface area (Å²) in [5, 5.41) is 18.9. The first-order chi connectivity index (χ1) is 15.2. The molecule has 2 aromatic rings. The Labute approximate surface area is 188 Å². The van der Waals surface area contributed by atoms with Crippen molar-refractivity contribution in [1.82, 2.24) is 20.9 Å². The number of aromatic nitrogens is 1. The highest BCUT2D eigenvalue weighted by Crippen LogP contribution is 2.25. The normalized spacial score (nSPS) is 10.6. The van der Waals surface area contributed by atoms with Crippen LogP contribution in [0.1, 0.15) is 34.8 Å². The van der Waals surface area contributed by atoms with Gasteiger partial charge in [-0.05, 0) is 30.5 Å². The standard InChI is InChI=1S/C20H24N6O5S/c1-12(27)21-9-10-22-18(29)17-16(26-19(32-17)25-13(2)28)8-5-14-3-6-15(7-4-14)23-11-24-20(30)31/h3-4,6-7,11H,5,8-10H2,1-2H3,(H,21,27)(H,22,29)(H,23,24)(H,30,31)(H,25,26,28). The third-order valence-electron chi connectivity index (χ3n) is 3.96. The summed E-state index contributed by atoms with van der Waals surface area (Å²) in [5.74, 6) is -0.785. The van der Waals surface area contributed by atoms with E-state index in [1.807, 2.05) is 17.4 Å². The Morgan fingerprint density at radius 2 is 1.72 bits per heavy atom. The van der Waals surface area contributed by atoms with Crippen LogP contribution in [-0.2, 0) is 22.4 Å². The number of carbonyl (C=O) groups excluding carboxylic acids is 3. The van der Waals surface area contributed by atoms with Gasteiger partial charge in [0.25, 0.3) is 5.91 Å². The first kappa shape index (κ1) is 24.5. The van der Waals surface area contributed by atoms with Crippen LogP contribution in [0.2, 0.25) is 0 Å². The lowest BCUT2D eigenvalue weighted by Crippen LogP contribution is -2.33. The number of hydrogen-bond donors (Lipinski definition) is 5. The second-order valence-electron chi connectivity index (χ2n) is 6.59. The average molecular weight is 461 g/mol. The predicted octanol–water partition coefficient (Wildman–Crippen LogP) is 1.68. The van der Waals surface area contributed by atoms with Gasteiger partial charge in [0, 0.05) is 26.9 Å². The molecule has 32 heavy (non-hydrogen) atoms. The lowest BCUT2D eigenvalue weighted by molar-refractivity contribution is -0.119. The van der Waals surface area contributed by atoms with Crippen LogP contribution in [0.25, 0.3) is 0 Å². The molecule has 0 aliphatic heterocycles. The van der Waals surface area contributed by atoms with Crippen molar-refractivity contribution in [3.8, 4) is 0 Å². The van der Waals surface area contributed by atoms with Crippen LogP contribution in [0.15, 0.2) is 29.3 Å². The van der Waals surface area contributed by atoms with Gasteiger partial charge in [0.05, 0.1) is 17.7 Å². The van der Waals surface area contributed by atoms with E-state index in [0.29, 0.717) is 40.8 Å². The van der Waals surface area contributed by atoms with E-state index in [0.717, 1.165) is 23.2 Å². The highest BCUT2D eigenvalue weighted by Gasteiger charge is 2.18. The van der Waals surface area contributed by atoms with Crippen LogP contribution >= 0.6 is 11.3 Å². The monoisotopic (exact) mass is 460 g/mol.